The fourth-order valence-corrected chi connectivity index (χ4v) is 5.18. The number of rotatable bonds is 4. The lowest BCUT2D eigenvalue weighted by Gasteiger charge is -2.28. The van der Waals surface area contributed by atoms with Gasteiger partial charge in [-0.15, -0.1) is 0 Å². The van der Waals surface area contributed by atoms with E-state index in [1.807, 2.05) is 0 Å². The normalized spacial score (nSPS) is 31.5. The third kappa shape index (κ3) is 3.01. The van der Waals surface area contributed by atoms with Crippen molar-refractivity contribution in [3.8, 4) is 0 Å². The van der Waals surface area contributed by atoms with Crippen LogP contribution in [0.5, 0.6) is 0 Å². The Hall–Kier alpha value is -0.130. The highest BCUT2D eigenvalue weighted by Crippen LogP contribution is 2.27. The smallest absolute Gasteiger partial charge is 0.215 e. The lowest BCUT2D eigenvalue weighted by atomic mass is 10.0. The van der Waals surface area contributed by atoms with E-state index in [1.165, 1.54) is 0 Å². The number of hydrogen-bond acceptors (Lipinski definition) is 3. The molecule has 17 heavy (non-hydrogen) atoms. The van der Waals surface area contributed by atoms with Crippen LogP contribution in [0.3, 0.4) is 0 Å². The van der Waals surface area contributed by atoms with Crippen molar-refractivity contribution < 1.29 is 8.42 Å². The molecular formula is C12H24N2O2S. The lowest BCUT2D eigenvalue weighted by molar-refractivity contribution is 0.314. The average molecular weight is 260 g/mol. The molecule has 0 aromatic carbocycles. The summed E-state index contributed by atoms with van der Waals surface area (Å²) in [5.41, 5.74) is 0. The van der Waals surface area contributed by atoms with Crippen molar-refractivity contribution in [2.24, 2.45) is 5.92 Å². The van der Waals surface area contributed by atoms with Crippen LogP contribution >= 0.6 is 0 Å². The molecule has 2 fully saturated rings. The van der Waals surface area contributed by atoms with Crippen LogP contribution in [0.1, 0.15) is 39.5 Å². The SMILES string of the molecule is CC(C)C1CCCN1S(=O)(=O)CC1CCCN1. The highest BCUT2D eigenvalue weighted by molar-refractivity contribution is 7.89. The van der Waals surface area contributed by atoms with E-state index in [2.05, 4.69) is 19.2 Å². The van der Waals surface area contributed by atoms with Gasteiger partial charge in [0, 0.05) is 18.6 Å². The van der Waals surface area contributed by atoms with Crippen LogP contribution in [-0.4, -0.2) is 43.6 Å². The number of nitrogens with one attached hydrogen (secondary N) is 1. The zero-order valence-corrected chi connectivity index (χ0v) is 11.7. The van der Waals surface area contributed by atoms with Gasteiger partial charge in [0.05, 0.1) is 5.75 Å². The number of sulfonamides is 1. The Morgan fingerprint density at radius 1 is 1.29 bits per heavy atom. The maximum absolute atomic E-state index is 12.4. The molecule has 5 heteroatoms. The minimum atomic E-state index is -3.07. The molecule has 100 valence electrons. The Morgan fingerprint density at radius 3 is 2.65 bits per heavy atom. The van der Waals surface area contributed by atoms with Gasteiger partial charge < -0.3 is 5.32 Å². The second kappa shape index (κ2) is 5.24. The van der Waals surface area contributed by atoms with Crippen molar-refractivity contribution in [2.75, 3.05) is 18.8 Å². The Balaban J connectivity index is 2.03. The molecule has 0 bridgehead atoms. The van der Waals surface area contributed by atoms with E-state index in [1.54, 1.807) is 4.31 Å². The maximum Gasteiger partial charge on any atom is 0.215 e. The summed E-state index contributed by atoms with van der Waals surface area (Å²) in [6.07, 6.45) is 4.14. The topological polar surface area (TPSA) is 49.4 Å². The van der Waals surface area contributed by atoms with Crippen molar-refractivity contribution in [1.29, 1.82) is 0 Å². The van der Waals surface area contributed by atoms with E-state index < -0.39 is 10.0 Å². The van der Waals surface area contributed by atoms with Crippen molar-refractivity contribution in [2.45, 2.75) is 51.6 Å². The summed E-state index contributed by atoms with van der Waals surface area (Å²) in [4.78, 5) is 0. The zero-order chi connectivity index (χ0) is 12.5. The van der Waals surface area contributed by atoms with Crippen molar-refractivity contribution in [3.63, 3.8) is 0 Å². The van der Waals surface area contributed by atoms with Gasteiger partial charge in [-0.05, 0) is 38.1 Å². The lowest BCUT2D eigenvalue weighted by Crippen LogP contribution is -2.43. The van der Waals surface area contributed by atoms with Crippen molar-refractivity contribution in [1.82, 2.24) is 9.62 Å². The minimum Gasteiger partial charge on any atom is -0.313 e. The molecule has 0 aromatic heterocycles. The van der Waals surface area contributed by atoms with E-state index in [-0.39, 0.29) is 17.8 Å². The Morgan fingerprint density at radius 2 is 2.06 bits per heavy atom. The first-order valence-electron chi connectivity index (χ1n) is 6.73. The summed E-state index contributed by atoms with van der Waals surface area (Å²) in [5, 5.41) is 3.27. The highest BCUT2D eigenvalue weighted by Gasteiger charge is 2.37. The molecule has 4 nitrogen and oxygen atoms in total. The third-order valence-corrected chi connectivity index (χ3v) is 5.94. The van der Waals surface area contributed by atoms with Crippen molar-refractivity contribution in [3.05, 3.63) is 0 Å². The molecule has 1 N–H and O–H groups in total. The number of nitrogens with zero attached hydrogens (tertiary/aromatic N) is 1. The van der Waals surface area contributed by atoms with Gasteiger partial charge in [-0.1, -0.05) is 13.8 Å². The first-order chi connectivity index (χ1) is 8.00. The summed E-state index contributed by atoms with van der Waals surface area (Å²) in [6, 6.07) is 0.398. The Bertz CT molecular complexity index is 348. The van der Waals surface area contributed by atoms with Crippen LogP contribution in [0.15, 0.2) is 0 Å². The van der Waals surface area contributed by atoms with Crippen molar-refractivity contribution >= 4 is 10.0 Å². The molecule has 0 radical (unpaired) electrons. The Labute approximate surface area is 105 Å². The van der Waals surface area contributed by atoms with E-state index >= 15 is 0 Å². The maximum atomic E-state index is 12.4. The van der Waals surface area contributed by atoms with Crippen LogP contribution in [0.4, 0.5) is 0 Å². The molecule has 2 heterocycles. The standard InChI is InChI=1S/C12H24N2O2S/c1-10(2)12-6-4-8-14(12)17(15,16)9-11-5-3-7-13-11/h10-13H,3-9H2,1-2H3. The molecule has 2 aliphatic heterocycles. The van der Waals surface area contributed by atoms with Gasteiger partial charge >= 0.3 is 0 Å². The number of hydrogen-bond donors (Lipinski definition) is 1. The molecule has 0 saturated carbocycles. The van der Waals surface area contributed by atoms with Crippen LogP contribution in [0.25, 0.3) is 0 Å². The first-order valence-corrected chi connectivity index (χ1v) is 8.34. The largest absolute Gasteiger partial charge is 0.313 e. The molecule has 2 aliphatic rings. The molecule has 0 amide bonds. The average Bonchev–Trinajstić information content (AvgIpc) is 2.84. The summed E-state index contributed by atoms with van der Waals surface area (Å²) >= 11 is 0. The van der Waals surface area contributed by atoms with E-state index in [0.717, 1.165) is 38.8 Å². The van der Waals surface area contributed by atoms with E-state index in [0.29, 0.717) is 5.92 Å². The van der Waals surface area contributed by atoms with Crippen LogP contribution in [0, 0.1) is 5.92 Å². The fraction of sp³-hybridized carbons (Fsp3) is 1.00. The van der Waals surface area contributed by atoms with Gasteiger partial charge in [-0.3, -0.25) is 0 Å². The molecule has 2 saturated heterocycles. The summed E-state index contributed by atoms with van der Waals surface area (Å²) in [5.74, 6) is 0.708. The van der Waals surface area contributed by atoms with Crippen LogP contribution < -0.4 is 5.32 Å². The van der Waals surface area contributed by atoms with Gasteiger partial charge in [0.25, 0.3) is 0 Å². The van der Waals surface area contributed by atoms with E-state index in [9.17, 15) is 8.42 Å². The zero-order valence-electron chi connectivity index (χ0n) is 10.9. The molecule has 0 aliphatic carbocycles. The minimum absolute atomic E-state index is 0.174. The van der Waals surface area contributed by atoms with Gasteiger partial charge in [-0.2, -0.15) is 4.31 Å². The highest BCUT2D eigenvalue weighted by atomic mass is 32.2. The van der Waals surface area contributed by atoms with Crippen LogP contribution in [-0.2, 0) is 10.0 Å². The first kappa shape index (κ1) is 13.3. The predicted molar refractivity (Wildman–Crippen MR) is 69.4 cm³/mol. The molecule has 0 spiro atoms. The fourth-order valence-electron chi connectivity index (χ4n) is 3.03. The second-order valence-electron chi connectivity index (χ2n) is 5.64. The molecule has 2 atom stereocenters. The van der Waals surface area contributed by atoms with Crippen LogP contribution in [0.2, 0.25) is 0 Å². The Kier molecular flexibility index (Phi) is 4.10. The molecular weight excluding hydrogens is 236 g/mol. The monoisotopic (exact) mass is 260 g/mol. The predicted octanol–water partition coefficient (Wildman–Crippen LogP) is 1.19. The van der Waals surface area contributed by atoms with E-state index in [4.69, 9.17) is 0 Å². The quantitative estimate of drug-likeness (QED) is 0.826. The molecule has 0 aromatic rings. The second-order valence-corrected chi connectivity index (χ2v) is 7.60. The van der Waals surface area contributed by atoms with Gasteiger partial charge in [-0.25, -0.2) is 8.42 Å². The molecule has 2 unspecified atom stereocenters. The summed E-state index contributed by atoms with van der Waals surface area (Å²) in [7, 11) is -3.07. The summed E-state index contributed by atoms with van der Waals surface area (Å²) in [6.45, 7) is 5.92. The van der Waals surface area contributed by atoms with Gasteiger partial charge in [0.15, 0.2) is 0 Å². The van der Waals surface area contributed by atoms with Gasteiger partial charge in [0.1, 0.15) is 0 Å². The third-order valence-electron chi connectivity index (χ3n) is 3.95. The summed E-state index contributed by atoms with van der Waals surface area (Å²) < 4.78 is 26.5. The van der Waals surface area contributed by atoms with Gasteiger partial charge in [0.2, 0.25) is 10.0 Å². The molecule has 2 rings (SSSR count).